The van der Waals surface area contributed by atoms with Gasteiger partial charge in [0.1, 0.15) is 11.5 Å². The quantitative estimate of drug-likeness (QED) is 0.243. The van der Waals surface area contributed by atoms with Crippen molar-refractivity contribution in [3.05, 3.63) is 75.7 Å². The summed E-state index contributed by atoms with van der Waals surface area (Å²) in [7, 11) is 0. The zero-order valence-electron chi connectivity index (χ0n) is 23.5. The van der Waals surface area contributed by atoms with Gasteiger partial charge in [-0.25, -0.2) is 4.98 Å². The van der Waals surface area contributed by atoms with Gasteiger partial charge in [0.25, 0.3) is 5.56 Å². The van der Waals surface area contributed by atoms with Gasteiger partial charge in [-0.05, 0) is 67.6 Å². The monoisotopic (exact) mass is 614 g/mol. The van der Waals surface area contributed by atoms with Crippen molar-refractivity contribution in [1.29, 1.82) is 0 Å². The van der Waals surface area contributed by atoms with Crippen LogP contribution < -0.4 is 15.6 Å². The molecular weight excluding hydrogens is 581 g/mol. The Balaban J connectivity index is 1.08. The minimum absolute atomic E-state index is 0.0554. The minimum atomic E-state index is -4.72. The molecule has 8 nitrogen and oxygen atoms in total. The zero-order valence-corrected chi connectivity index (χ0v) is 24.3. The minimum Gasteiger partial charge on any atom is -0.508 e. The van der Waals surface area contributed by atoms with E-state index >= 15 is 0 Å². The predicted molar refractivity (Wildman–Crippen MR) is 156 cm³/mol. The number of fused-ring (bicyclic) bond motifs is 1. The molecule has 2 aliphatic carbocycles. The summed E-state index contributed by atoms with van der Waals surface area (Å²) >= 11 is 1.62. The Morgan fingerprint density at radius 3 is 2.47 bits per heavy atom. The molecule has 1 aliphatic heterocycles. The highest BCUT2D eigenvalue weighted by molar-refractivity contribution is 7.99. The molecule has 1 amide bonds. The van der Waals surface area contributed by atoms with E-state index in [1.807, 2.05) is 0 Å². The molecule has 2 aromatic carbocycles. The third-order valence-corrected chi connectivity index (χ3v) is 9.81. The molecule has 3 aromatic rings. The number of phenols is 1. The number of carbonyl (C=O) groups is 1. The highest BCUT2D eigenvalue weighted by atomic mass is 32.2. The van der Waals surface area contributed by atoms with E-state index in [0.29, 0.717) is 47.7 Å². The second-order valence-corrected chi connectivity index (χ2v) is 12.8. The van der Waals surface area contributed by atoms with Crippen LogP contribution in [0.25, 0.3) is 5.69 Å². The average molecular weight is 615 g/mol. The van der Waals surface area contributed by atoms with Crippen LogP contribution in [0.15, 0.2) is 58.5 Å². The number of aromatic nitrogens is 2. The number of nitrogens with one attached hydrogen (secondary N) is 1. The first-order chi connectivity index (χ1) is 20.6. The number of nitrogens with zero attached hydrogens (tertiary/aromatic N) is 3. The van der Waals surface area contributed by atoms with E-state index in [1.54, 1.807) is 57.6 Å². The topological polar surface area (TPSA) is 96.7 Å². The van der Waals surface area contributed by atoms with E-state index in [9.17, 15) is 27.9 Å². The molecule has 6 rings (SSSR count). The van der Waals surface area contributed by atoms with E-state index in [0.717, 1.165) is 36.9 Å². The number of hydrogen-bond donors (Lipinski definition) is 2. The lowest BCUT2D eigenvalue weighted by Gasteiger charge is -2.30. The number of phenolic OH excluding ortho intramolecular Hbond substituents is 1. The van der Waals surface area contributed by atoms with E-state index < -0.39 is 6.36 Å². The Labute approximate surface area is 251 Å². The maximum atomic E-state index is 13.8. The third-order valence-electron chi connectivity index (χ3n) is 8.52. The largest absolute Gasteiger partial charge is 0.573 e. The van der Waals surface area contributed by atoms with Gasteiger partial charge in [-0.3, -0.25) is 14.2 Å². The average Bonchev–Trinajstić information content (AvgIpc) is 3.74. The summed E-state index contributed by atoms with van der Waals surface area (Å²) in [5, 5.41) is 14.2. The fourth-order valence-electron chi connectivity index (χ4n) is 5.62. The molecule has 228 valence electrons. The highest BCUT2D eigenvalue weighted by Gasteiger charge is 2.44. The van der Waals surface area contributed by atoms with Gasteiger partial charge >= 0.3 is 6.36 Å². The summed E-state index contributed by atoms with van der Waals surface area (Å²) in [6.07, 6.45) is 1.23. The highest BCUT2D eigenvalue weighted by Crippen LogP contribution is 2.48. The van der Waals surface area contributed by atoms with Crippen molar-refractivity contribution in [2.24, 2.45) is 0 Å². The van der Waals surface area contributed by atoms with E-state index in [-0.39, 0.29) is 41.3 Å². The Kier molecular flexibility index (Phi) is 8.16. The molecular formula is C31H33F3N4O4S. The summed E-state index contributed by atoms with van der Waals surface area (Å²) in [4.78, 5) is 33.6. The van der Waals surface area contributed by atoms with Gasteiger partial charge in [0.2, 0.25) is 5.91 Å². The number of benzene rings is 2. The van der Waals surface area contributed by atoms with Crippen LogP contribution in [-0.4, -0.2) is 56.7 Å². The normalized spacial score (nSPS) is 17.7. The standard InChI is InChI=1S/C31H33F3N4O4S/c32-31(33,34)42-23-10-4-20(5-11-23)30(14-15-30)19-35-16-12-27(40)37-17-13-26-25(18-37)28(41)38(21-6-8-22(39)9-7-21)29(36-26)43-24-2-1-3-24/h4-11,24,35,39H,1-3,12-19H2. The van der Waals surface area contributed by atoms with E-state index in [4.69, 9.17) is 4.98 Å². The van der Waals surface area contributed by atoms with Crippen LogP contribution >= 0.6 is 11.8 Å². The molecule has 43 heavy (non-hydrogen) atoms. The molecule has 0 saturated heterocycles. The Morgan fingerprint density at radius 1 is 1.12 bits per heavy atom. The van der Waals surface area contributed by atoms with Gasteiger partial charge in [0.05, 0.1) is 23.5 Å². The predicted octanol–water partition coefficient (Wildman–Crippen LogP) is 5.08. The number of alkyl halides is 3. The van der Waals surface area contributed by atoms with E-state index in [2.05, 4.69) is 10.1 Å². The van der Waals surface area contributed by atoms with Crippen LogP contribution in [0, 0.1) is 0 Å². The first-order valence-corrected chi connectivity index (χ1v) is 15.4. The van der Waals surface area contributed by atoms with Crippen molar-refractivity contribution >= 4 is 17.7 Å². The van der Waals surface area contributed by atoms with Crippen LogP contribution in [0.3, 0.4) is 0 Å². The third kappa shape index (κ3) is 6.70. The maximum absolute atomic E-state index is 13.8. The second kappa shape index (κ2) is 11.9. The second-order valence-electron chi connectivity index (χ2n) is 11.5. The fourth-order valence-corrected chi connectivity index (χ4v) is 6.95. The zero-order chi connectivity index (χ0) is 30.2. The van der Waals surface area contributed by atoms with Crippen LogP contribution in [0.5, 0.6) is 11.5 Å². The molecule has 1 aromatic heterocycles. The number of thioether (sulfide) groups is 1. The number of amides is 1. The maximum Gasteiger partial charge on any atom is 0.573 e. The Hall–Kier alpha value is -3.51. The molecule has 0 atom stereocenters. The summed E-state index contributed by atoms with van der Waals surface area (Å²) < 4.78 is 43.0. The van der Waals surface area contributed by atoms with Crippen LogP contribution in [-0.2, 0) is 23.2 Å². The summed E-state index contributed by atoms with van der Waals surface area (Å²) in [6, 6.07) is 12.5. The number of ether oxygens (including phenoxy) is 1. The molecule has 2 heterocycles. The smallest absolute Gasteiger partial charge is 0.508 e. The summed E-state index contributed by atoms with van der Waals surface area (Å²) in [5.74, 6) is -0.186. The van der Waals surface area contributed by atoms with Gasteiger partial charge in [-0.15, -0.1) is 13.2 Å². The SMILES string of the molecule is O=C(CCNCC1(c2ccc(OC(F)(F)F)cc2)CC1)N1CCc2nc(SC3CCC3)n(-c3ccc(O)cc3)c(=O)c2C1. The van der Waals surface area contributed by atoms with Gasteiger partial charge in [-0.1, -0.05) is 30.3 Å². The van der Waals surface area contributed by atoms with Crippen LogP contribution in [0.4, 0.5) is 13.2 Å². The Bertz CT molecular complexity index is 1530. The molecule has 0 unspecified atom stereocenters. The summed E-state index contributed by atoms with van der Waals surface area (Å²) in [5.41, 5.74) is 2.50. The van der Waals surface area contributed by atoms with Gasteiger partial charge in [0.15, 0.2) is 5.16 Å². The van der Waals surface area contributed by atoms with Gasteiger partial charge < -0.3 is 20.1 Å². The van der Waals surface area contributed by atoms with Crippen molar-refractivity contribution in [3.8, 4) is 17.2 Å². The van der Waals surface area contributed by atoms with Crippen molar-refractivity contribution in [1.82, 2.24) is 19.8 Å². The molecule has 0 radical (unpaired) electrons. The molecule has 2 saturated carbocycles. The summed E-state index contributed by atoms with van der Waals surface area (Å²) in [6.45, 7) is 1.76. The van der Waals surface area contributed by atoms with Gasteiger partial charge in [0, 0.05) is 43.1 Å². The fraction of sp³-hybridized carbons (Fsp3) is 0.452. The molecule has 0 spiro atoms. The first kappa shape index (κ1) is 29.6. The first-order valence-electron chi connectivity index (χ1n) is 14.6. The van der Waals surface area contributed by atoms with Crippen LogP contribution in [0.2, 0.25) is 0 Å². The lowest BCUT2D eigenvalue weighted by atomic mass is 9.96. The molecule has 0 bridgehead atoms. The number of hydrogen-bond acceptors (Lipinski definition) is 7. The number of rotatable bonds is 10. The number of carbonyl (C=O) groups excluding carboxylic acids is 1. The lowest BCUT2D eigenvalue weighted by molar-refractivity contribution is -0.274. The number of halogens is 3. The lowest BCUT2D eigenvalue weighted by Crippen LogP contribution is -2.42. The van der Waals surface area contributed by atoms with Crippen molar-refractivity contribution < 1.29 is 27.8 Å². The molecule has 2 fully saturated rings. The van der Waals surface area contributed by atoms with Crippen molar-refractivity contribution in [3.63, 3.8) is 0 Å². The molecule has 2 N–H and O–H groups in total. The van der Waals surface area contributed by atoms with Crippen molar-refractivity contribution in [2.45, 2.75) is 73.7 Å². The molecule has 12 heteroatoms. The number of aromatic hydroxyl groups is 1. The van der Waals surface area contributed by atoms with E-state index in [1.165, 1.54) is 18.6 Å². The Morgan fingerprint density at radius 2 is 1.84 bits per heavy atom. The van der Waals surface area contributed by atoms with Crippen LogP contribution in [0.1, 0.15) is 55.3 Å². The van der Waals surface area contributed by atoms with Gasteiger partial charge in [-0.2, -0.15) is 0 Å². The van der Waals surface area contributed by atoms with Crippen molar-refractivity contribution in [2.75, 3.05) is 19.6 Å². The molecule has 3 aliphatic rings.